The third kappa shape index (κ3) is 2.53. The number of hydrazine groups is 1. The number of nitrogens with two attached hydrogens (primary N) is 1. The normalized spacial score (nSPS) is 16.6. The van der Waals surface area contributed by atoms with Crippen LogP contribution >= 0.6 is 0 Å². The van der Waals surface area contributed by atoms with Crippen LogP contribution in [0.3, 0.4) is 0 Å². The third-order valence-electron chi connectivity index (χ3n) is 3.63. The molecule has 1 fully saturated rings. The Bertz CT molecular complexity index is 498. The molecule has 1 aliphatic heterocycles. The van der Waals surface area contributed by atoms with E-state index < -0.39 is 0 Å². The van der Waals surface area contributed by atoms with Crippen LogP contribution in [0.15, 0.2) is 36.7 Å². The maximum atomic E-state index is 5.37. The highest BCUT2D eigenvalue weighted by Gasteiger charge is 2.21. The topological polar surface area (TPSA) is 72.0 Å². The maximum absolute atomic E-state index is 5.37. The van der Waals surface area contributed by atoms with Gasteiger partial charge < -0.3 is 10.3 Å². The Labute approximate surface area is 112 Å². The summed E-state index contributed by atoms with van der Waals surface area (Å²) in [6, 6.07) is 8.62. The van der Waals surface area contributed by atoms with Gasteiger partial charge in [0.15, 0.2) is 0 Å². The molecule has 19 heavy (non-hydrogen) atoms. The molecule has 0 spiro atoms. The lowest BCUT2D eigenvalue weighted by atomic mass is 10.0. The quantitative estimate of drug-likeness (QED) is 0.643. The number of anilines is 2. The molecule has 1 aliphatic rings. The molecule has 2 aromatic rings. The van der Waals surface area contributed by atoms with Crippen molar-refractivity contribution >= 4 is 11.4 Å². The molecular formula is C13H18N6. The van der Waals surface area contributed by atoms with Crippen molar-refractivity contribution in [3.63, 3.8) is 0 Å². The zero-order chi connectivity index (χ0) is 13.1. The molecular weight excluding hydrogens is 240 g/mol. The molecule has 6 nitrogen and oxygen atoms in total. The molecule has 100 valence electrons. The molecule has 1 aromatic heterocycles. The van der Waals surface area contributed by atoms with E-state index in [1.54, 1.807) is 12.4 Å². The number of nitrogens with zero attached hydrogens (tertiary/aromatic N) is 4. The lowest BCUT2D eigenvalue weighted by Crippen LogP contribution is -2.35. The van der Waals surface area contributed by atoms with E-state index in [1.807, 2.05) is 16.9 Å². The predicted molar refractivity (Wildman–Crippen MR) is 74.8 cm³/mol. The average molecular weight is 258 g/mol. The first-order chi connectivity index (χ1) is 9.36. The molecule has 1 saturated heterocycles. The number of hydrogen-bond acceptors (Lipinski definition) is 5. The van der Waals surface area contributed by atoms with Crippen molar-refractivity contribution in [2.45, 2.75) is 18.9 Å². The Kier molecular flexibility index (Phi) is 3.33. The minimum absolute atomic E-state index is 0.427. The largest absolute Gasteiger partial charge is 0.371 e. The van der Waals surface area contributed by atoms with Gasteiger partial charge in [-0.15, -0.1) is 0 Å². The van der Waals surface area contributed by atoms with Gasteiger partial charge in [-0.2, -0.15) is 15.0 Å². The number of benzene rings is 1. The van der Waals surface area contributed by atoms with Crippen LogP contribution in [-0.2, 0) is 0 Å². The number of hydrogen-bond donors (Lipinski definition) is 2. The Balaban J connectivity index is 1.63. The lowest BCUT2D eigenvalue weighted by Gasteiger charge is -2.33. The Morgan fingerprint density at radius 2 is 1.68 bits per heavy atom. The summed E-state index contributed by atoms with van der Waals surface area (Å²) in [5.74, 6) is 5.37. The number of aromatic nitrogens is 3. The Hall–Kier alpha value is -2.08. The van der Waals surface area contributed by atoms with Crippen LogP contribution < -0.4 is 16.2 Å². The average Bonchev–Trinajstić information content (AvgIpc) is 3.02. The van der Waals surface area contributed by atoms with Gasteiger partial charge in [-0.25, -0.2) is 0 Å². The van der Waals surface area contributed by atoms with E-state index in [2.05, 4.69) is 32.7 Å². The fraction of sp³-hybridized carbons (Fsp3) is 0.385. The molecule has 0 bridgehead atoms. The Morgan fingerprint density at radius 1 is 1.05 bits per heavy atom. The summed E-state index contributed by atoms with van der Waals surface area (Å²) in [6.45, 7) is 2.06. The monoisotopic (exact) mass is 258 g/mol. The van der Waals surface area contributed by atoms with Crippen LogP contribution in [0, 0.1) is 0 Å². The van der Waals surface area contributed by atoms with Crippen molar-refractivity contribution in [3.05, 3.63) is 36.7 Å². The van der Waals surface area contributed by atoms with Gasteiger partial charge >= 0.3 is 0 Å². The highest BCUT2D eigenvalue weighted by atomic mass is 15.5. The minimum Gasteiger partial charge on any atom is -0.371 e. The van der Waals surface area contributed by atoms with Crippen molar-refractivity contribution in [1.82, 2.24) is 15.0 Å². The fourth-order valence-electron chi connectivity index (χ4n) is 2.54. The van der Waals surface area contributed by atoms with E-state index in [1.165, 1.54) is 5.69 Å². The summed E-state index contributed by atoms with van der Waals surface area (Å²) in [5, 5.41) is 8.45. The van der Waals surface area contributed by atoms with Gasteiger partial charge in [0.2, 0.25) is 0 Å². The zero-order valence-electron chi connectivity index (χ0n) is 10.7. The van der Waals surface area contributed by atoms with E-state index in [0.717, 1.165) is 31.6 Å². The summed E-state index contributed by atoms with van der Waals surface area (Å²) < 4.78 is 0. The van der Waals surface area contributed by atoms with Crippen LogP contribution in [0.4, 0.5) is 11.4 Å². The second-order valence-electron chi connectivity index (χ2n) is 4.76. The van der Waals surface area contributed by atoms with Gasteiger partial charge in [0.05, 0.1) is 18.4 Å². The van der Waals surface area contributed by atoms with Crippen molar-refractivity contribution in [1.29, 1.82) is 0 Å². The lowest BCUT2D eigenvalue weighted by molar-refractivity contribution is 0.333. The number of rotatable bonds is 3. The SMILES string of the molecule is NNc1ccc(N2CCC(n3nccn3)CC2)cc1. The molecule has 3 N–H and O–H groups in total. The fourth-order valence-corrected chi connectivity index (χ4v) is 2.54. The van der Waals surface area contributed by atoms with Crippen LogP contribution in [0.25, 0.3) is 0 Å². The molecule has 0 unspecified atom stereocenters. The minimum atomic E-state index is 0.427. The first-order valence-electron chi connectivity index (χ1n) is 6.54. The summed E-state index contributed by atoms with van der Waals surface area (Å²) in [7, 11) is 0. The highest BCUT2D eigenvalue weighted by Crippen LogP contribution is 2.26. The van der Waals surface area contributed by atoms with Crippen LogP contribution in [0.5, 0.6) is 0 Å². The summed E-state index contributed by atoms with van der Waals surface area (Å²) in [5.41, 5.74) is 4.82. The molecule has 3 rings (SSSR count). The second kappa shape index (κ2) is 5.27. The van der Waals surface area contributed by atoms with E-state index in [4.69, 9.17) is 5.84 Å². The van der Waals surface area contributed by atoms with Gasteiger partial charge in [-0.1, -0.05) is 0 Å². The van der Waals surface area contributed by atoms with Crippen LogP contribution in [0.1, 0.15) is 18.9 Å². The number of nitrogens with one attached hydrogen (secondary N) is 1. The molecule has 2 heterocycles. The Morgan fingerprint density at radius 3 is 2.26 bits per heavy atom. The molecule has 0 aliphatic carbocycles. The van der Waals surface area contributed by atoms with Crippen LogP contribution in [-0.4, -0.2) is 28.1 Å². The standard InChI is InChI=1S/C13H18N6/c14-17-11-1-3-12(4-2-11)18-9-5-13(6-10-18)19-15-7-8-16-19/h1-4,7-8,13,17H,5-6,9-10,14H2. The third-order valence-corrected chi connectivity index (χ3v) is 3.63. The molecule has 1 aromatic carbocycles. The van der Waals surface area contributed by atoms with Gasteiger partial charge in [-0.3, -0.25) is 5.84 Å². The maximum Gasteiger partial charge on any atom is 0.0750 e. The van der Waals surface area contributed by atoms with Crippen molar-refractivity contribution in [3.8, 4) is 0 Å². The smallest absolute Gasteiger partial charge is 0.0750 e. The van der Waals surface area contributed by atoms with Crippen LogP contribution in [0.2, 0.25) is 0 Å². The number of nitrogen functional groups attached to an aromatic ring is 1. The van der Waals surface area contributed by atoms with Crippen molar-refractivity contribution in [2.75, 3.05) is 23.4 Å². The van der Waals surface area contributed by atoms with E-state index in [0.29, 0.717) is 6.04 Å². The van der Waals surface area contributed by atoms with Gasteiger partial charge in [-0.05, 0) is 37.1 Å². The zero-order valence-corrected chi connectivity index (χ0v) is 10.7. The molecule has 0 atom stereocenters. The summed E-state index contributed by atoms with van der Waals surface area (Å²) in [4.78, 5) is 4.22. The van der Waals surface area contributed by atoms with Gasteiger partial charge in [0, 0.05) is 24.5 Å². The predicted octanol–water partition coefficient (Wildman–Crippen LogP) is 1.41. The molecule has 0 amide bonds. The number of piperidine rings is 1. The highest BCUT2D eigenvalue weighted by molar-refractivity contribution is 5.54. The first-order valence-corrected chi connectivity index (χ1v) is 6.54. The van der Waals surface area contributed by atoms with E-state index >= 15 is 0 Å². The molecule has 0 radical (unpaired) electrons. The van der Waals surface area contributed by atoms with Gasteiger partial charge in [0.25, 0.3) is 0 Å². The van der Waals surface area contributed by atoms with E-state index in [9.17, 15) is 0 Å². The first kappa shape index (κ1) is 12.0. The second-order valence-corrected chi connectivity index (χ2v) is 4.76. The van der Waals surface area contributed by atoms with Gasteiger partial charge in [0.1, 0.15) is 0 Å². The summed E-state index contributed by atoms with van der Waals surface area (Å²) >= 11 is 0. The molecule has 0 saturated carbocycles. The molecule has 6 heteroatoms. The van der Waals surface area contributed by atoms with Crippen molar-refractivity contribution < 1.29 is 0 Å². The van der Waals surface area contributed by atoms with Crippen molar-refractivity contribution in [2.24, 2.45) is 5.84 Å². The summed E-state index contributed by atoms with van der Waals surface area (Å²) in [6.07, 6.45) is 5.63. The van der Waals surface area contributed by atoms with E-state index in [-0.39, 0.29) is 0 Å².